The third-order valence-electron chi connectivity index (χ3n) is 4.83. The first kappa shape index (κ1) is 15.6. The Hall–Kier alpha value is -2.28. The van der Waals surface area contributed by atoms with E-state index in [9.17, 15) is 10.1 Å². The molecule has 3 rings (SSSR count). The van der Waals surface area contributed by atoms with E-state index in [4.69, 9.17) is 0 Å². The van der Waals surface area contributed by atoms with Crippen molar-refractivity contribution in [2.24, 2.45) is 0 Å². The van der Waals surface area contributed by atoms with Crippen molar-refractivity contribution in [1.29, 1.82) is 5.26 Å². The van der Waals surface area contributed by atoms with Gasteiger partial charge in [-0.15, -0.1) is 0 Å². The molecule has 1 atom stereocenters. The number of hydrogen-bond donors (Lipinski definition) is 1. The second kappa shape index (κ2) is 6.87. The van der Waals surface area contributed by atoms with Crippen molar-refractivity contribution in [1.82, 2.24) is 5.32 Å². The van der Waals surface area contributed by atoms with Crippen LogP contribution in [0, 0.1) is 11.3 Å². The minimum absolute atomic E-state index is 0.194. The van der Waals surface area contributed by atoms with E-state index in [-0.39, 0.29) is 23.6 Å². The van der Waals surface area contributed by atoms with Gasteiger partial charge in [-0.05, 0) is 37.8 Å². The first-order valence-corrected chi connectivity index (χ1v) is 8.48. The van der Waals surface area contributed by atoms with E-state index in [0.29, 0.717) is 0 Å². The van der Waals surface area contributed by atoms with E-state index >= 15 is 0 Å². The lowest BCUT2D eigenvalue weighted by Crippen LogP contribution is -2.37. The van der Waals surface area contributed by atoms with Crippen LogP contribution in [-0.2, 0) is 11.2 Å². The molecule has 23 heavy (non-hydrogen) atoms. The molecule has 120 valence electrons. The summed E-state index contributed by atoms with van der Waals surface area (Å²) in [6, 6.07) is 10.7. The number of carbonyl (C=O) groups excluding carboxylic acids is 1. The molecule has 1 aromatic carbocycles. The fraction of sp³-hybridized carbons (Fsp3) is 0.474. The van der Waals surface area contributed by atoms with Crippen LogP contribution in [0.3, 0.4) is 0 Å². The minimum Gasteiger partial charge on any atom is -0.349 e. The highest BCUT2D eigenvalue weighted by Crippen LogP contribution is 2.32. The van der Waals surface area contributed by atoms with Crippen molar-refractivity contribution >= 4 is 11.6 Å². The number of anilines is 1. The van der Waals surface area contributed by atoms with E-state index in [2.05, 4.69) is 24.4 Å². The van der Waals surface area contributed by atoms with E-state index in [1.165, 1.54) is 12.0 Å². The summed E-state index contributed by atoms with van der Waals surface area (Å²) in [5.74, 6) is -0.240. The Kier molecular flexibility index (Phi) is 4.66. The van der Waals surface area contributed by atoms with Gasteiger partial charge in [0.25, 0.3) is 5.91 Å². The quantitative estimate of drug-likeness (QED) is 0.688. The average Bonchev–Trinajstić information content (AvgIpc) is 2.88. The normalized spacial score (nSPS) is 21.7. The Morgan fingerprint density at radius 1 is 1.30 bits per heavy atom. The Balaban J connectivity index is 1.76. The molecule has 1 N–H and O–H groups in total. The molecule has 0 saturated heterocycles. The van der Waals surface area contributed by atoms with Gasteiger partial charge in [-0.3, -0.25) is 4.79 Å². The van der Waals surface area contributed by atoms with Gasteiger partial charge in [0.15, 0.2) is 0 Å². The zero-order chi connectivity index (χ0) is 16.2. The number of nitriles is 1. The molecule has 1 aliphatic carbocycles. The number of carbonyl (C=O) groups is 1. The molecule has 1 amide bonds. The molecule has 1 aromatic rings. The molecule has 1 saturated carbocycles. The number of benzene rings is 1. The number of amides is 1. The first-order chi connectivity index (χ1) is 11.2. The van der Waals surface area contributed by atoms with Gasteiger partial charge in [-0.1, -0.05) is 37.5 Å². The van der Waals surface area contributed by atoms with Crippen molar-refractivity contribution in [3.63, 3.8) is 0 Å². The zero-order valence-electron chi connectivity index (χ0n) is 13.6. The predicted molar refractivity (Wildman–Crippen MR) is 90.8 cm³/mol. The van der Waals surface area contributed by atoms with Crippen LogP contribution < -0.4 is 10.2 Å². The highest BCUT2D eigenvalue weighted by molar-refractivity contribution is 5.98. The van der Waals surface area contributed by atoms with Crippen molar-refractivity contribution < 1.29 is 4.79 Å². The third kappa shape index (κ3) is 3.39. The van der Waals surface area contributed by atoms with E-state index < -0.39 is 0 Å². The molecule has 1 fully saturated rings. The summed E-state index contributed by atoms with van der Waals surface area (Å²) >= 11 is 0. The van der Waals surface area contributed by atoms with Crippen molar-refractivity contribution in [2.75, 3.05) is 4.90 Å². The lowest BCUT2D eigenvalue weighted by Gasteiger charge is -2.24. The summed E-state index contributed by atoms with van der Waals surface area (Å²) in [4.78, 5) is 14.5. The van der Waals surface area contributed by atoms with Gasteiger partial charge in [-0.2, -0.15) is 5.26 Å². The Morgan fingerprint density at radius 3 is 2.78 bits per heavy atom. The van der Waals surface area contributed by atoms with Gasteiger partial charge in [0.05, 0.1) is 0 Å². The van der Waals surface area contributed by atoms with Gasteiger partial charge in [0.2, 0.25) is 0 Å². The smallest absolute Gasteiger partial charge is 0.263 e. The Morgan fingerprint density at radius 2 is 2.04 bits per heavy atom. The van der Waals surface area contributed by atoms with Gasteiger partial charge < -0.3 is 10.2 Å². The molecule has 0 aromatic heterocycles. The van der Waals surface area contributed by atoms with Crippen LogP contribution >= 0.6 is 0 Å². The van der Waals surface area contributed by atoms with Gasteiger partial charge in [-0.25, -0.2) is 0 Å². The number of hydrogen-bond acceptors (Lipinski definition) is 3. The lowest BCUT2D eigenvalue weighted by atomic mass is 9.95. The van der Waals surface area contributed by atoms with Gasteiger partial charge >= 0.3 is 0 Å². The maximum Gasteiger partial charge on any atom is 0.263 e. The fourth-order valence-corrected chi connectivity index (χ4v) is 3.57. The molecule has 0 bridgehead atoms. The summed E-state index contributed by atoms with van der Waals surface area (Å²) in [7, 11) is 0. The Bertz CT molecular complexity index is 653. The molecule has 0 radical (unpaired) electrons. The summed E-state index contributed by atoms with van der Waals surface area (Å²) < 4.78 is 0. The molecule has 1 unspecified atom stereocenters. The largest absolute Gasteiger partial charge is 0.349 e. The highest BCUT2D eigenvalue weighted by atomic mass is 16.1. The number of fused-ring (bicyclic) bond motifs is 1. The topological polar surface area (TPSA) is 56.1 Å². The van der Waals surface area contributed by atoms with E-state index in [1.807, 2.05) is 23.1 Å². The number of nitrogens with one attached hydrogen (secondary N) is 1. The molecule has 1 aliphatic heterocycles. The van der Waals surface area contributed by atoms with Crippen LogP contribution in [0.15, 0.2) is 36.0 Å². The van der Waals surface area contributed by atoms with Crippen molar-refractivity contribution in [3.8, 4) is 6.07 Å². The van der Waals surface area contributed by atoms with E-state index in [1.54, 1.807) is 6.20 Å². The SMILES string of the molecule is CC1Cc2ccccc2N1/C=C(/C#N)C(=O)NC1CCCCC1. The van der Waals surface area contributed by atoms with Gasteiger partial charge in [0, 0.05) is 24.0 Å². The van der Waals surface area contributed by atoms with Crippen LogP contribution in [-0.4, -0.2) is 18.0 Å². The summed E-state index contributed by atoms with van der Waals surface area (Å²) in [5.41, 5.74) is 2.55. The van der Waals surface area contributed by atoms with Crippen LogP contribution in [0.5, 0.6) is 0 Å². The molecule has 1 heterocycles. The van der Waals surface area contributed by atoms with Crippen LogP contribution in [0.2, 0.25) is 0 Å². The summed E-state index contributed by atoms with van der Waals surface area (Å²) in [6.45, 7) is 2.12. The van der Waals surface area contributed by atoms with Gasteiger partial charge in [0.1, 0.15) is 11.6 Å². The monoisotopic (exact) mass is 309 g/mol. The van der Waals surface area contributed by atoms with Crippen LogP contribution in [0.4, 0.5) is 5.69 Å². The first-order valence-electron chi connectivity index (χ1n) is 8.48. The maximum atomic E-state index is 12.4. The molecular weight excluding hydrogens is 286 g/mol. The van der Waals surface area contributed by atoms with Crippen molar-refractivity contribution in [2.45, 2.75) is 57.5 Å². The third-order valence-corrected chi connectivity index (χ3v) is 4.83. The van der Waals surface area contributed by atoms with Crippen LogP contribution in [0.25, 0.3) is 0 Å². The highest BCUT2D eigenvalue weighted by Gasteiger charge is 2.26. The molecule has 0 spiro atoms. The predicted octanol–water partition coefficient (Wildman–Crippen LogP) is 3.29. The molecule has 4 heteroatoms. The Labute approximate surface area is 137 Å². The maximum absolute atomic E-state index is 12.4. The summed E-state index contributed by atoms with van der Waals surface area (Å²) in [5, 5.41) is 12.4. The van der Waals surface area contributed by atoms with E-state index in [0.717, 1.165) is 37.8 Å². The van der Waals surface area contributed by atoms with Crippen LogP contribution in [0.1, 0.15) is 44.6 Å². The minimum atomic E-state index is -0.240. The number of para-hydroxylation sites is 1. The molecular formula is C19H23N3O. The zero-order valence-corrected chi connectivity index (χ0v) is 13.6. The van der Waals surface area contributed by atoms with Crippen molar-refractivity contribution in [3.05, 3.63) is 41.6 Å². The summed E-state index contributed by atoms with van der Waals surface area (Å²) in [6.07, 6.45) is 8.26. The number of nitrogens with zero attached hydrogens (tertiary/aromatic N) is 2. The molecule has 4 nitrogen and oxygen atoms in total. The number of rotatable bonds is 3. The second-order valence-corrected chi connectivity index (χ2v) is 6.55. The lowest BCUT2D eigenvalue weighted by molar-refractivity contribution is -0.118. The molecule has 2 aliphatic rings. The fourth-order valence-electron chi connectivity index (χ4n) is 3.57. The average molecular weight is 309 g/mol. The second-order valence-electron chi connectivity index (χ2n) is 6.55. The standard InChI is InChI=1S/C19H23N3O/c1-14-11-15-7-5-6-10-18(15)22(14)13-16(12-20)19(23)21-17-8-3-2-4-9-17/h5-7,10,13-14,17H,2-4,8-9,11H2,1H3,(H,21,23)/b16-13-.